The van der Waals surface area contributed by atoms with E-state index in [9.17, 15) is 0 Å². The van der Waals surface area contributed by atoms with Gasteiger partial charge in [-0.2, -0.15) is 0 Å². The summed E-state index contributed by atoms with van der Waals surface area (Å²) in [5, 5.41) is 7.16. The van der Waals surface area contributed by atoms with Crippen molar-refractivity contribution in [1.29, 1.82) is 0 Å². The standard InChI is InChI=1S/C33H40N6/c1-19-16-22(28-17-36-32(38-28)26-4-2-14-34-26)10-11-23(19)24-12-13-25(31-21-8-6-20(7-9-21)30(24)31)29-18-37-33(39-29)27-5-3-15-35-27/h10-13,16-21,23,26-27,34-35H,2-9,14-15H2,1H3,(H,36,38)(H,37,39). The summed E-state index contributed by atoms with van der Waals surface area (Å²) >= 11 is 0. The number of aromatic amines is 2. The predicted octanol–water partition coefficient (Wildman–Crippen LogP) is 6.78. The quantitative estimate of drug-likeness (QED) is 0.299. The lowest BCUT2D eigenvalue weighted by Gasteiger charge is -2.42. The van der Waals surface area contributed by atoms with Gasteiger partial charge in [0.15, 0.2) is 0 Å². The average Bonchev–Trinajstić information content (AvgIpc) is 3.80. The third-order valence-corrected chi connectivity index (χ3v) is 10.3. The Morgan fingerprint density at radius 3 is 2.03 bits per heavy atom. The summed E-state index contributed by atoms with van der Waals surface area (Å²) in [6.45, 7) is 4.57. The van der Waals surface area contributed by atoms with Crippen molar-refractivity contribution in [1.82, 2.24) is 30.6 Å². The van der Waals surface area contributed by atoms with E-state index < -0.39 is 0 Å². The first-order chi connectivity index (χ1) is 19.2. The van der Waals surface area contributed by atoms with Crippen LogP contribution in [0.3, 0.4) is 0 Å². The number of rotatable bonds is 5. The Morgan fingerprint density at radius 1 is 0.744 bits per heavy atom. The van der Waals surface area contributed by atoms with Crippen LogP contribution < -0.4 is 10.6 Å². The molecule has 6 heteroatoms. The molecular weight excluding hydrogens is 480 g/mol. The van der Waals surface area contributed by atoms with Crippen LogP contribution in [0.25, 0.3) is 16.8 Å². The molecule has 4 heterocycles. The molecule has 0 radical (unpaired) electrons. The van der Waals surface area contributed by atoms with Crippen molar-refractivity contribution in [3.05, 3.63) is 76.8 Å². The molecule has 202 valence electrons. The fourth-order valence-corrected chi connectivity index (χ4v) is 8.28. The fourth-order valence-electron chi connectivity index (χ4n) is 8.28. The van der Waals surface area contributed by atoms with Crippen molar-refractivity contribution in [3.63, 3.8) is 0 Å². The van der Waals surface area contributed by atoms with Crippen LogP contribution in [0.5, 0.6) is 0 Å². The van der Waals surface area contributed by atoms with E-state index in [4.69, 9.17) is 9.97 Å². The van der Waals surface area contributed by atoms with Gasteiger partial charge in [0.05, 0.1) is 35.9 Å². The molecule has 4 aliphatic carbocycles. The van der Waals surface area contributed by atoms with E-state index in [0.29, 0.717) is 35.8 Å². The van der Waals surface area contributed by atoms with Gasteiger partial charge in [0.2, 0.25) is 0 Å². The number of allylic oxidation sites excluding steroid dienone is 4. The second-order valence-corrected chi connectivity index (χ2v) is 12.6. The first-order valence-electron chi connectivity index (χ1n) is 15.4. The molecule has 6 nitrogen and oxygen atoms in total. The first kappa shape index (κ1) is 23.9. The van der Waals surface area contributed by atoms with Gasteiger partial charge in [0.25, 0.3) is 0 Å². The Kier molecular flexibility index (Phi) is 5.88. The van der Waals surface area contributed by atoms with Gasteiger partial charge in [-0.3, -0.25) is 0 Å². The molecule has 39 heavy (non-hydrogen) atoms. The minimum atomic E-state index is 0.373. The molecule has 3 fully saturated rings. The van der Waals surface area contributed by atoms with Crippen molar-refractivity contribution in [2.75, 3.05) is 13.1 Å². The van der Waals surface area contributed by atoms with E-state index in [1.807, 2.05) is 6.20 Å². The summed E-state index contributed by atoms with van der Waals surface area (Å²) in [4.78, 5) is 16.9. The molecule has 2 saturated heterocycles. The Hall–Kier alpha value is -2.96. The molecule has 0 amide bonds. The Labute approximate surface area is 231 Å². The van der Waals surface area contributed by atoms with E-state index in [0.717, 1.165) is 30.4 Å². The van der Waals surface area contributed by atoms with E-state index in [1.54, 1.807) is 16.7 Å². The molecule has 0 spiro atoms. The monoisotopic (exact) mass is 520 g/mol. The van der Waals surface area contributed by atoms with Crippen LogP contribution in [-0.2, 0) is 0 Å². The normalized spacial score (nSPS) is 31.6. The molecule has 9 rings (SSSR count). The average molecular weight is 521 g/mol. The van der Waals surface area contributed by atoms with Crippen molar-refractivity contribution < 1.29 is 0 Å². The molecule has 4 atom stereocenters. The molecule has 2 bridgehead atoms. The summed E-state index contributed by atoms with van der Waals surface area (Å²) in [5.74, 6) is 4.40. The van der Waals surface area contributed by atoms with Crippen LogP contribution in [-0.4, -0.2) is 33.0 Å². The van der Waals surface area contributed by atoms with Crippen molar-refractivity contribution >= 4 is 5.57 Å². The van der Waals surface area contributed by atoms with Gasteiger partial charge in [-0.25, -0.2) is 9.97 Å². The number of fused-ring (bicyclic) bond motifs is 2. The lowest BCUT2D eigenvalue weighted by atomic mass is 9.62. The molecule has 4 N–H and O–H groups in total. The predicted molar refractivity (Wildman–Crippen MR) is 156 cm³/mol. The zero-order chi connectivity index (χ0) is 25.9. The molecule has 6 aliphatic rings. The number of nitrogens with one attached hydrogen (secondary N) is 4. The topological polar surface area (TPSA) is 81.4 Å². The van der Waals surface area contributed by atoms with E-state index in [1.165, 1.54) is 68.2 Å². The smallest absolute Gasteiger partial charge is 0.123 e. The van der Waals surface area contributed by atoms with Gasteiger partial charge in [-0.1, -0.05) is 37.3 Å². The SMILES string of the molecule is CC1C=C(c2cnc(C3CCCN3)[nH]2)C=CC1c1ccc(-c2cnc(C3CCCN3)[nH]2)c2c1C1CCC2CC1. The van der Waals surface area contributed by atoms with Gasteiger partial charge >= 0.3 is 0 Å². The van der Waals surface area contributed by atoms with E-state index >= 15 is 0 Å². The Balaban J connectivity index is 1.12. The van der Waals surface area contributed by atoms with E-state index in [-0.39, 0.29) is 0 Å². The molecular formula is C33H40N6. The van der Waals surface area contributed by atoms with Crippen LogP contribution in [0.2, 0.25) is 0 Å². The Bertz CT molecular complexity index is 1420. The maximum atomic E-state index is 4.82. The lowest BCUT2D eigenvalue weighted by Crippen LogP contribution is -2.26. The highest BCUT2D eigenvalue weighted by Gasteiger charge is 2.38. The number of H-pyrrole nitrogens is 2. The van der Waals surface area contributed by atoms with Gasteiger partial charge in [-0.15, -0.1) is 0 Å². The molecule has 4 unspecified atom stereocenters. The largest absolute Gasteiger partial charge is 0.341 e. The van der Waals surface area contributed by atoms with Crippen LogP contribution >= 0.6 is 0 Å². The summed E-state index contributed by atoms with van der Waals surface area (Å²) in [6, 6.07) is 5.61. The summed E-state index contributed by atoms with van der Waals surface area (Å²) in [5.41, 5.74) is 9.86. The minimum Gasteiger partial charge on any atom is -0.341 e. The molecule has 3 aromatic rings. The number of nitrogens with zero attached hydrogens (tertiary/aromatic N) is 2. The van der Waals surface area contributed by atoms with Crippen LogP contribution in [0.1, 0.15) is 122 Å². The number of hydrogen-bond donors (Lipinski definition) is 4. The van der Waals surface area contributed by atoms with Gasteiger partial charge in [-0.05, 0) is 104 Å². The zero-order valence-corrected chi connectivity index (χ0v) is 23.0. The minimum absolute atomic E-state index is 0.373. The Morgan fingerprint density at radius 2 is 1.38 bits per heavy atom. The lowest BCUT2D eigenvalue weighted by molar-refractivity contribution is 0.355. The first-order valence-corrected chi connectivity index (χ1v) is 15.4. The van der Waals surface area contributed by atoms with Gasteiger partial charge in [0.1, 0.15) is 11.6 Å². The van der Waals surface area contributed by atoms with Crippen LogP contribution in [0, 0.1) is 5.92 Å². The highest BCUT2D eigenvalue weighted by Crippen LogP contribution is 2.55. The van der Waals surface area contributed by atoms with E-state index in [2.05, 4.69) is 64.1 Å². The van der Waals surface area contributed by atoms with Gasteiger partial charge in [0, 0.05) is 11.5 Å². The maximum Gasteiger partial charge on any atom is 0.123 e. The number of imidazole rings is 2. The fraction of sp³-hybridized carbons (Fsp3) is 0.515. The number of benzene rings is 1. The molecule has 2 aromatic heterocycles. The van der Waals surface area contributed by atoms with Gasteiger partial charge < -0.3 is 20.6 Å². The number of hydrogen-bond acceptors (Lipinski definition) is 4. The van der Waals surface area contributed by atoms with Crippen molar-refractivity contribution in [2.24, 2.45) is 5.92 Å². The zero-order valence-electron chi connectivity index (χ0n) is 23.0. The summed E-state index contributed by atoms with van der Waals surface area (Å²) in [6.07, 6.45) is 21.5. The highest BCUT2D eigenvalue weighted by atomic mass is 15.0. The highest BCUT2D eigenvalue weighted by molar-refractivity contribution is 5.74. The molecule has 1 aromatic carbocycles. The second-order valence-electron chi connectivity index (χ2n) is 12.6. The third kappa shape index (κ3) is 4.06. The maximum absolute atomic E-state index is 4.82. The molecule has 2 aliphatic heterocycles. The summed E-state index contributed by atoms with van der Waals surface area (Å²) < 4.78 is 0. The molecule has 1 saturated carbocycles. The third-order valence-electron chi connectivity index (χ3n) is 10.3. The van der Waals surface area contributed by atoms with Crippen molar-refractivity contribution in [2.45, 2.75) is 88.1 Å². The van der Waals surface area contributed by atoms with Crippen LogP contribution in [0.4, 0.5) is 0 Å². The van der Waals surface area contributed by atoms with Crippen molar-refractivity contribution in [3.8, 4) is 11.3 Å². The van der Waals surface area contributed by atoms with Crippen LogP contribution in [0.15, 0.2) is 42.8 Å². The number of aromatic nitrogens is 4. The summed E-state index contributed by atoms with van der Waals surface area (Å²) in [7, 11) is 0. The second kappa shape index (κ2) is 9.60.